The molecular formula is C14H25ClN2O3. The lowest BCUT2D eigenvalue weighted by atomic mass is 9.89. The molecular weight excluding hydrogens is 280 g/mol. The molecule has 0 spiro atoms. The summed E-state index contributed by atoms with van der Waals surface area (Å²) in [5.74, 6) is 0. The van der Waals surface area contributed by atoms with E-state index < -0.39 is 5.60 Å². The summed E-state index contributed by atoms with van der Waals surface area (Å²) in [4.78, 5) is 11.6. The lowest BCUT2D eigenvalue weighted by molar-refractivity contribution is -0.0790. The average molecular weight is 305 g/mol. The molecule has 0 unspecified atom stereocenters. The van der Waals surface area contributed by atoms with Crippen LogP contribution in [0.3, 0.4) is 0 Å². The van der Waals surface area contributed by atoms with E-state index in [1.54, 1.807) is 0 Å². The highest BCUT2D eigenvalue weighted by Crippen LogP contribution is 2.27. The molecule has 0 aromatic carbocycles. The average Bonchev–Trinajstić information content (AvgIpc) is 2.26. The lowest BCUT2D eigenvalue weighted by Crippen LogP contribution is -2.50. The molecule has 5 nitrogen and oxygen atoms in total. The molecule has 0 aromatic rings. The van der Waals surface area contributed by atoms with Crippen LogP contribution in [-0.4, -0.2) is 47.5 Å². The fourth-order valence-corrected chi connectivity index (χ4v) is 2.70. The summed E-state index contributed by atoms with van der Waals surface area (Å²) in [6.07, 6.45) is 3.98. The Morgan fingerprint density at radius 3 is 2.35 bits per heavy atom. The number of carbonyl (C=O) groups excluding carboxylic acids is 1. The van der Waals surface area contributed by atoms with Crippen molar-refractivity contribution in [2.45, 2.75) is 70.3 Å². The zero-order valence-electron chi connectivity index (χ0n) is 12.5. The Balaban J connectivity index is 1.59. The quantitative estimate of drug-likeness (QED) is 0.815. The SMILES string of the molecule is CC(C)(C)OC(=O)NC1CC(OC2CCN(Cl)CC2)C1. The molecule has 1 heterocycles. The van der Waals surface area contributed by atoms with Crippen LogP contribution in [0.15, 0.2) is 0 Å². The Morgan fingerprint density at radius 2 is 1.80 bits per heavy atom. The van der Waals surface area contributed by atoms with E-state index in [1.165, 1.54) is 0 Å². The Morgan fingerprint density at radius 1 is 1.20 bits per heavy atom. The number of rotatable bonds is 3. The van der Waals surface area contributed by atoms with Crippen molar-refractivity contribution in [2.24, 2.45) is 0 Å². The number of hydrogen-bond acceptors (Lipinski definition) is 4. The second-order valence-corrected chi connectivity index (χ2v) is 7.16. The van der Waals surface area contributed by atoms with Crippen LogP contribution in [-0.2, 0) is 9.47 Å². The minimum Gasteiger partial charge on any atom is -0.444 e. The van der Waals surface area contributed by atoms with Crippen LogP contribution in [0.25, 0.3) is 0 Å². The fraction of sp³-hybridized carbons (Fsp3) is 0.929. The van der Waals surface area contributed by atoms with Gasteiger partial charge < -0.3 is 14.8 Å². The van der Waals surface area contributed by atoms with E-state index in [9.17, 15) is 4.79 Å². The van der Waals surface area contributed by atoms with Crippen molar-refractivity contribution in [1.29, 1.82) is 0 Å². The number of hydrogen-bond donors (Lipinski definition) is 1. The van der Waals surface area contributed by atoms with E-state index >= 15 is 0 Å². The molecule has 6 heteroatoms. The van der Waals surface area contributed by atoms with Crippen molar-refractivity contribution < 1.29 is 14.3 Å². The molecule has 1 saturated heterocycles. The molecule has 0 radical (unpaired) electrons. The summed E-state index contributed by atoms with van der Waals surface area (Å²) in [5, 5.41) is 2.88. The summed E-state index contributed by atoms with van der Waals surface area (Å²) in [7, 11) is 0. The lowest BCUT2D eigenvalue weighted by Gasteiger charge is -2.39. The monoisotopic (exact) mass is 304 g/mol. The first-order valence-corrected chi connectivity index (χ1v) is 7.71. The molecule has 0 atom stereocenters. The van der Waals surface area contributed by atoms with E-state index in [4.69, 9.17) is 21.3 Å². The predicted octanol–water partition coefficient (Wildman–Crippen LogP) is 2.68. The Kier molecular flexibility index (Phi) is 5.15. The van der Waals surface area contributed by atoms with E-state index in [-0.39, 0.29) is 18.2 Å². The summed E-state index contributed by atoms with van der Waals surface area (Å²) in [5.41, 5.74) is -0.445. The smallest absolute Gasteiger partial charge is 0.407 e. The summed E-state index contributed by atoms with van der Waals surface area (Å²) in [6.45, 7) is 7.37. The number of piperidine rings is 1. The Hall–Kier alpha value is -0.520. The maximum absolute atomic E-state index is 11.6. The zero-order chi connectivity index (χ0) is 14.8. The Labute approximate surface area is 126 Å². The van der Waals surface area contributed by atoms with E-state index in [0.717, 1.165) is 38.8 Å². The number of carbonyl (C=O) groups is 1. The number of ether oxygens (including phenoxy) is 2. The second kappa shape index (κ2) is 6.50. The summed E-state index contributed by atoms with van der Waals surface area (Å²) in [6, 6.07) is 0.183. The summed E-state index contributed by atoms with van der Waals surface area (Å²) >= 11 is 5.92. The number of nitrogens with one attached hydrogen (secondary N) is 1. The van der Waals surface area contributed by atoms with Gasteiger partial charge in [0.2, 0.25) is 0 Å². The van der Waals surface area contributed by atoms with Crippen LogP contribution >= 0.6 is 11.8 Å². The van der Waals surface area contributed by atoms with Crippen LogP contribution in [0.4, 0.5) is 4.79 Å². The van der Waals surface area contributed by atoms with Gasteiger partial charge in [0.1, 0.15) is 5.60 Å². The first kappa shape index (κ1) is 15.9. The molecule has 1 saturated carbocycles. The Bertz CT molecular complexity index is 332. The van der Waals surface area contributed by atoms with Crippen molar-refractivity contribution in [1.82, 2.24) is 9.74 Å². The van der Waals surface area contributed by atoms with Gasteiger partial charge in [0.25, 0.3) is 0 Å². The van der Waals surface area contributed by atoms with Gasteiger partial charge in [-0.2, -0.15) is 0 Å². The third-order valence-electron chi connectivity index (χ3n) is 3.59. The van der Waals surface area contributed by atoms with Crippen molar-refractivity contribution in [3.63, 3.8) is 0 Å². The molecule has 2 rings (SSSR count). The highest BCUT2D eigenvalue weighted by Gasteiger charge is 2.34. The van der Waals surface area contributed by atoms with Gasteiger partial charge in [-0.25, -0.2) is 9.21 Å². The molecule has 0 bridgehead atoms. The highest BCUT2D eigenvalue weighted by molar-refractivity contribution is 6.13. The van der Waals surface area contributed by atoms with Crippen molar-refractivity contribution in [3.05, 3.63) is 0 Å². The van der Waals surface area contributed by atoms with E-state index in [0.29, 0.717) is 6.10 Å². The molecule has 116 valence electrons. The fourth-order valence-electron chi connectivity index (χ4n) is 2.50. The number of amides is 1. The van der Waals surface area contributed by atoms with E-state index in [2.05, 4.69) is 5.32 Å². The van der Waals surface area contributed by atoms with Crippen LogP contribution in [0.2, 0.25) is 0 Å². The highest BCUT2D eigenvalue weighted by atomic mass is 35.5. The molecule has 20 heavy (non-hydrogen) atoms. The van der Waals surface area contributed by atoms with Crippen LogP contribution in [0, 0.1) is 0 Å². The normalized spacial score (nSPS) is 28.8. The number of halogens is 1. The molecule has 1 aliphatic carbocycles. The van der Waals surface area contributed by atoms with Gasteiger partial charge in [-0.05, 0) is 58.2 Å². The molecule has 2 fully saturated rings. The first-order chi connectivity index (χ1) is 9.32. The topological polar surface area (TPSA) is 50.8 Å². The molecule has 1 N–H and O–H groups in total. The minimum atomic E-state index is -0.445. The van der Waals surface area contributed by atoms with Gasteiger partial charge >= 0.3 is 6.09 Å². The molecule has 2 aliphatic rings. The van der Waals surface area contributed by atoms with Gasteiger partial charge in [-0.15, -0.1) is 0 Å². The molecule has 1 aliphatic heterocycles. The standard InChI is InChI=1S/C14H25ClN2O3/c1-14(2,3)20-13(18)16-10-8-12(9-10)19-11-4-6-17(15)7-5-11/h10-12H,4-9H2,1-3H3,(H,16,18). The third kappa shape index (κ3) is 5.11. The maximum atomic E-state index is 11.6. The number of alkyl carbamates (subject to hydrolysis) is 1. The van der Waals surface area contributed by atoms with Crippen molar-refractivity contribution in [2.75, 3.05) is 13.1 Å². The molecule has 1 amide bonds. The third-order valence-corrected chi connectivity index (χ3v) is 3.93. The van der Waals surface area contributed by atoms with Gasteiger partial charge in [0.15, 0.2) is 0 Å². The summed E-state index contributed by atoms with van der Waals surface area (Å²) < 4.78 is 13.1. The van der Waals surface area contributed by atoms with Gasteiger partial charge in [-0.3, -0.25) is 0 Å². The zero-order valence-corrected chi connectivity index (χ0v) is 13.3. The van der Waals surface area contributed by atoms with Crippen LogP contribution in [0.1, 0.15) is 46.5 Å². The van der Waals surface area contributed by atoms with Gasteiger partial charge in [0, 0.05) is 19.1 Å². The minimum absolute atomic E-state index is 0.183. The van der Waals surface area contributed by atoms with Gasteiger partial charge in [-0.1, -0.05) is 0 Å². The van der Waals surface area contributed by atoms with Crippen LogP contribution < -0.4 is 5.32 Å². The van der Waals surface area contributed by atoms with Crippen molar-refractivity contribution >= 4 is 17.9 Å². The van der Waals surface area contributed by atoms with E-state index in [1.807, 2.05) is 25.2 Å². The maximum Gasteiger partial charge on any atom is 0.407 e. The molecule has 0 aromatic heterocycles. The second-order valence-electron chi connectivity index (χ2n) is 6.68. The van der Waals surface area contributed by atoms with Crippen molar-refractivity contribution in [3.8, 4) is 0 Å². The van der Waals surface area contributed by atoms with Gasteiger partial charge in [0.05, 0.1) is 12.2 Å². The van der Waals surface area contributed by atoms with Crippen LogP contribution in [0.5, 0.6) is 0 Å². The predicted molar refractivity (Wildman–Crippen MR) is 77.7 cm³/mol. The largest absolute Gasteiger partial charge is 0.444 e. The first-order valence-electron chi connectivity index (χ1n) is 7.37. The number of nitrogens with zero attached hydrogens (tertiary/aromatic N) is 1.